The highest BCUT2D eigenvalue weighted by Gasteiger charge is 2.33. The smallest absolute Gasteiger partial charge is 0.265 e. The molecule has 0 saturated heterocycles. The van der Waals surface area contributed by atoms with E-state index in [-0.39, 0.29) is 24.0 Å². The summed E-state index contributed by atoms with van der Waals surface area (Å²) in [6.45, 7) is 3.57. The van der Waals surface area contributed by atoms with E-state index in [1.54, 1.807) is 25.1 Å². The second-order valence-corrected chi connectivity index (χ2v) is 10.4. The molecule has 1 aromatic heterocycles. The topological polar surface area (TPSA) is 106 Å². The quantitative estimate of drug-likeness (QED) is 0.546. The molecule has 0 atom stereocenters. The van der Waals surface area contributed by atoms with Gasteiger partial charge in [0.15, 0.2) is 12.4 Å². The number of aryl methyl sites for hydroxylation is 2. The van der Waals surface area contributed by atoms with E-state index in [4.69, 9.17) is 9.26 Å². The van der Waals surface area contributed by atoms with Crippen molar-refractivity contribution >= 4 is 27.3 Å². The Balaban J connectivity index is 1.47. The lowest BCUT2D eigenvalue weighted by atomic mass is 10.1. The molecule has 1 amide bonds. The fourth-order valence-corrected chi connectivity index (χ4v) is 5.21. The summed E-state index contributed by atoms with van der Waals surface area (Å²) in [5.41, 5.74) is 2.58. The van der Waals surface area contributed by atoms with Gasteiger partial charge in [-0.2, -0.15) is 4.98 Å². The Kier molecular flexibility index (Phi) is 5.12. The number of fused-ring (bicyclic) bond motifs is 1. The van der Waals surface area contributed by atoms with Gasteiger partial charge in [-0.15, -0.1) is 0 Å². The van der Waals surface area contributed by atoms with Gasteiger partial charge in [0.1, 0.15) is 5.75 Å². The van der Waals surface area contributed by atoms with Crippen LogP contribution in [-0.2, 0) is 21.4 Å². The summed E-state index contributed by atoms with van der Waals surface area (Å²) in [7, 11) is -2.33. The van der Waals surface area contributed by atoms with Crippen LogP contribution in [0, 0.1) is 13.8 Å². The van der Waals surface area contributed by atoms with Gasteiger partial charge in [0.05, 0.1) is 22.8 Å². The standard InChI is InChI=1S/C23H24N4O5S/c1-14-4-8-17(9-5-14)26(3)33(29,30)20-11-19-18(10-15(20)2)27(22(28)13-31-19)12-21-24-23(32-25-21)16-6-7-16/h4-5,8-11,16H,6-7,12-13H2,1-3H3. The third kappa shape index (κ3) is 3.95. The van der Waals surface area contributed by atoms with Crippen LogP contribution in [0.3, 0.4) is 0 Å². The molecule has 0 radical (unpaired) electrons. The number of hydrogen-bond donors (Lipinski definition) is 0. The van der Waals surface area contributed by atoms with Crippen LogP contribution in [0.15, 0.2) is 45.8 Å². The lowest BCUT2D eigenvalue weighted by Gasteiger charge is -2.30. The summed E-state index contributed by atoms with van der Waals surface area (Å²) in [4.78, 5) is 18.6. The fraction of sp³-hybridized carbons (Fsp3) is 0.348. The maximum Gasteiger partial charge on any atom is 0.265 e. The van der Waals surface area contributed by atoms with Gasteiger partial charge in [0.25, 0.3) is 15.9 Å². The summed E-state index contributed by atoms with van der Waals surface area (Å²) < 4.78 is 38.9. The van der Waals surface area contributed by atoms with Crippen LogP contribution >= 0.6 is 0 Å². The summed E-state index contributed by atoms with van der Waals surface area (Å²) in [5, 5.41) is 4.00. The molecule has 10 heteroatoms. The predicted octanol–water partition coefficient (Wildman–Crippen LogP) is 3.31. The molecule has 1 saturated carbocycles. The molecular weight excluding hydrogens is 444 g/mol. The number of carbonyl (C=O) groups is 1. The Morgan fingerprint density at radius 2 is 1.88 bits per heavy atom. The average Bonchev–Trinajstić information content (AvgIpc) is 3.54. The van der Waals surface area contributed by atoms with E-state index in [1.807, 2.05) is 19.1 Å². The van der Waals surface area contributed by atoms with Crippen molar-refractivity contribution in [3.63, 3.8) is 0 Å². The molecule has 3 aromatic rings. The number of carbonyl (C=O) groups excluding carboxylic acids is 1. The summed E-state index contributed by atoms with van der Waals surface area (Å²) >= 11 is 0. The Morgan fingerprint density at radius 1 is 1.15 bits per heavy atom. The van der Waals surface area contributed by atoms with Crippen molar-refractivity contribution < 1.29 is 22.5 Å². The highest BCUT2D eigenvalue weighted by Crippen LogP contribution is 2.40. The van der Waals surface area contributed by atoms with Crippen molar-refractivity contribution in [3.05, 3.63) is 59.2 Å². The number of aromatic nitrogens is 2. The van der Waals surface area contributed by atoms with Gasteiger partial charge in [-0.05, 0) is 50.5 Å². The first kappa shape index (κ1) is 21.4. The Labute approximate surface area is 192 Å². The van der Waals surface area contributed by atoms with E-state index in [0.29, 0.717) is 40.3 Å². The van der Waals surface area contributed by atoms with Crippen molar-refractivity contribution in [3.8, 4) is 5.75 Å². The Bertz CT molecular complexity index is 1330. The first-order chi connectivity index (χ1) is 15.7. The minimum Gasteiger partial charge on any atom is -0.482 e. The number of hydrogen-bond acceptors (Lipinski definition) is 7. The molecular formula is C23H24N4O5S. The monoisotopic (exact) mass is 468 g/mol. The lowest BCUT2D eigenvalue weighted by molar-refractivity contribution is -0.121. The maximum atomic E-state index is 13.4. The molecule has 1 aliphatic heterocycles. The molecule has 2 aromatic carbocycles. The van der Waals surface area contributed by atoms with Crippen molar-refractivity contribution in [1.29, 1.82) is 0 Å². The number of sulfonamides is 1. The number of rotatable bonds is 6. The van der Waals surface area contributed by atoms with E-state index in [2.05, 4.69) is 10.1 Å². The third-order valence-electron chi connectivity index (χ3n) is 5.95. The van der Waals surface area contributed by atoms with Crippen LogP contribution < -0.4 is 13.9 Å². The average molecular weight is 469 g/mol. The van der Waals surface area contributed by atoms with Gasteiger partial charge in [-0.1, -0.05) is 22.9 Å². The molecule has 0 unspecified atom stereocenters. The number of benzene rings is 2. The van der Waals surface area contributed by atoms with Crippen LogP contribution in [0.25, 0.3) is 0 Å². The van der Waals surface area contributed by atoms with Gasteiger partial charge in [-0.3, -0.25) is 14.0 Å². The van der Waals surface area contributed by atoms with Crippen molar-refractivity contribution in [1.82, 2.24) is 10.1 Å². The van der Waals surface area contributed by atoms with Gasteiger partial charge >= 0.3 is 0 Å². The van der Waals surface area contributed by atoms with E-state index in [1.165, 1.54) is 22.3 Å². The van der Waals surface area contributed by atoms with E-state index in [0.717, 1.165) is 18.4 Å². The van der Waals surface area contributed by atoms with Crippen LogP contribution in [0.1, 0.15) is 41.6 Å². The summed E-state index contributed by atoms with van der Waals surface area (Å²) in [6.07, 6.45) is 2.07. The highest BCUT2D eigenvalue weighted by atomic mass is 32.2. The van der Waals surface area contributed by atoms with E-state index in [9.17, 15) is 13.2 Å². The fourth-order valence-electron chi connectivity index (χ4n) is 3.79. The molecule has 1 aliphatic carbocycles. The number of amides is 1. The van der Waals surface area contributed by atoms with Crippen LogP contribution in [0.2, 0.25) is 0 Å². The Hall–Kier alpha value is -3.40. The normalized spacial score (nSPS) is 15.8. The zero-order valence-electron chi connectivity index (χ0n) is 18.6. The summed E-state index contributed by atoms with van der Waals surface area (Å²) in [5.74, 6) is 1.39. The van der Waals surface area contributed by atoms with Crippen molar-refractivity contribution in [2.24, 2.45) is 0 Å². The zero-order valence-corrected chi connectivity index (χ0v) is 19.4. The first-order valence-electron chi connectivity index (χ1n) is 10.7. The van der Waals surface area contributed by atoms with E-state index < -0.39 is 10.0 Å². The largest absolute Gasteiger partial charge is 0.482 e. The van der Waals surface area contributed by atoms with Gasteiger partial charge in [0.2, 0.25) is 5.89 Å². The zero-order chi connectivity index (χ0) is 23.3. The number of anilines is 2. The van der Waals surface area contributed by atoms with E-state index >= 15 is 0 Å². The second-order valence-electron chi connectivity index (χ2n) is 8.49. The molecule has 5 rings (SSSR count). The molecule has 172 valence electrons. The molecule has 9 nitrogen and oxygen atoms in total. The van der Waals surface area contributed by atoms with Crippen LogP contribution in [-0.4, -0.2) is 38.1 Å². The minimum absolute atomic E-state index is 0.120. The van der Waals surface area contributed by atoms with Crippen LogP contribution in [0.4, 0.5) is 11.4 Å². The Morgan fingerprint density at radius 3 is 2.58 bits per heavy atom. The first-order valence-corrected chi connectivity index (χ1v) is 12.1. The molecule has 0 bridgehead atoms. The number of nitrogens with zero attached hydrogens (tertiary/aromatic N) is 4. The molecule has 2 heterocycles. The minimum atomic E-state index is -3.85. The predicted molar refractivity (Wildman–Crippen MR) is 121 cm³/mol. The van der Waals surface area contributed by atoms with Crippen molar-refractivity contribution in [2.45, 2.75) is 44.0 Å². The molecule has 2 aliphatic rings. The SMILES string of the molecule is Cc1ccc(N(C)S(=O)(=O)c2cc3c(cc2C)N(Cc2noc(C4CC4)n2)C(=O)CO3)cc1. The molecule has 0 N–H and O–H groups in total. The van der Waals surface area contributed by atoms with Crippen LogP contribution in [0.5, 0.6) is 5.75 Å². The van der Waals surface area contributed by atoms with Gasteiger partial charge in [-0.25, -0.2) is 8.42 Å². The van der Waals surface area contributed by atoms with Gasteiger partial charge < -0.3 is 9.26 Å². The highest BCUT2D eigenvalue weighted by molar-refractivity contribution is 7.92. The molecule has 0 spiro atoms. The molecule has 1 fully saturated rings. The maximum absolute atomic E-state index is 13.4. The lowest BCUT2D eigenvalue weighted by Crippen LogP contribution is -2.39. The second kappa shape index (κ2) is 7.87. The van der Waals surface area contributed by atoms with Crippen molar-refractivity contribution in [2.75, 3.05) is 22.9 Å². The molecule has 33 heavy (non-hydrogen) atoms. The summed E-state index contributed by atoms with van der Waals surface area (Å²) in [6, 6.07) is 10.4. The number of ether oxygens (including phenoxy) is 1. The van der Waals surface area contributed by atoms with Gasteiger partial charge in [0, 0.05) is 19.0 Å². The third-order valence-corrected chi connectivity index (χ3v) is 7.87.